The summed E-state index contributed by atoms with van der Waals surface area (Å²) in [6.07, 6.45) is 2.75. The van der Waals surface area contributed by atoms with E-state index in [1.165, 1.54) is 5.56 Å². The molecule has 12 heavy (non-hydrogen) atoms. The van der Waals surface area contributed by atoms with Crippen LogP contribution in [0.1, 0.15) is 17.9 Å². The van der Waals surface area contributed by atoms with Crippen LogP contribution in [-0.2, 0) is 4.79 Å². The van der Waals surface area contributed by atoms with Crippen molar-refractivity contribution < 1.29 is 4.79 Å². The fourth-order valence-corrected chi connectivity index (χ4v) is 1.57. The van der Waals surface area contributed by atoms with Crippen LogP contribution in [0.4, 0.5) is 0 Å². The average molecular weight is 158 g/mol. The van der Waals surface area contributed by atoms with Gasteiger partial charge in [0.15, 0.2) is 0 Å². The van der Waals surface area contributed by atoms with Crippen LogP contribution in [-0.4, -0.2) is 5.94 Å². The van der Waals surface area contributed by atoms with E-state index >= 15 is 0 Å². The third-order valence-electron chi connectivity index (χ3n) is 2.35. The van der Waals surface area contributed by atoms with Crippen LogP contribution >= 0.6 is 0 Å². The van der Waals surface area contributed by atoms with Gasteiger partial charge >= 0.3 is 0 Å². The first-order valence-electron chi connectivity index (χ1n) is 4.18. The molecule has 2 rings (SSSR count). The van der Waals surface area contributed by atoms with Crippen LogP contribution < -0.4 is 0 Å². The lowest BCUT2D eigenvalue weighted by molar-refractivity contribution is 0.567. The van der Waals surface area contributed by atoms with Crippen molar-refractivity contribution in [3.63, 3.8) is 0 Å². The lowest BCUT2D eigenvalue weighted by Gasteiger charge is -1.94. The zero-order valence-corrected chi connectivity index (χ0v) is 6.73. The molecule has 60 valence electrons. The molecule has 0 saturated heterocycles. The van der Waals surface area contributed by atoms with Gasteiger partial charge in [0.2, 0.25) is 0 Å². The lowest BCUT2D eigenvalue weighted by Crippen LogP contribution is -1.79. The molecule has 1 saturated carbocycles. The molecule has 1 aromatic rings. The zero-order valence-electron chi connectivity index (χ0n) is 6.73. The highest BCUT2D eigenvalue weighted by atomic mass is 16.1. The van der Waals surface area contributed by atoms with E-state index in [2.05, 4.69) is 12.1 Å². The van der Waals surface area contributed by atoms with Crippen molar-refractivity contribution >= 4 is 5.94 Å². The van der Waals surface area contributed by atoms with Crippen LogP contribution in [0.5, 0.6) is 0 Å². The predicted octanol–water partition coefficient (Wildman–Crippen LogP) is 2.18. The molecule has 1 fully saturated rings. The molecule has 0 bridgehead atoms. The molecule has 0 N–H and O–H groups in total. The SMILES string of the molecule is O=C=C[C@@H]1C[C@H]1c1ccccc1. The van der Waals surface area contributed by atoms with Gasteiger partial charge in [-0.25, -0.2) is 4.79 Å². The van der Waals surface area contributed by atoms with E-state index < -0.39 is 0 Å². The third kappa shape index (κ3) is 1.32. The van der Waals surface area contributed by atoms with Crippen molar-refractivity contribution in [2.24, 2.45) is 5.92 Å². The van der Waals surface area contributed by atoms with Crippen LogP contribution in [0.2, 0.25) is 0 Å². The van der Waals surface area contributed by atoms with E-state index in [-0.39, 0.29) is 0 Å². The predicted molar refractivity (Wildman–Crippen MR) is 47.6 cm³/mol. The Morgan fingerprint density at radius 3 is 2.75 bits per heavy atom. The minimum absolute atomic E-state index is 0.449. The normalized spacial score (nSPS) is 26.0. The lowest BCUT2D eigenvalue weighted by atomic mass is 10.1. The van der Waals surface area contributed by atoms with Crippen LogP contribution in [0.25, 0.3) is 0 Å². The molecule has 1 aromatic carbocycles. The maximum absolute atomic E-state index is 10.1. The average Bonchev–Trinajstić information content (AvgIpc) is 2.87. The van der Waals surface area contributed by atoms with Crippen LogP contribution in [0.15, 0.2) is 36.4 Å². The molecule has 0 aliphatic heterocycles. The van der Waals surface area contributed by atoms with Gasteiger partial charge in [-0.2, -0.15) is 0 Å². The van der Waals surface area contributed by atoms with Gasteiger partial charge in [-0.15, -0.1) is 0 Å². The molecule has 1 nitrogen and oxygen atoms in total. The van der Waals surface area contributed by atoms with Crippen LogP contribution in [0, 0.1) is 5.92 Å². The van der Waals surface area contributed by atoms with E-state index in [4.69, 9.17) is 0 Å². The summed E-state index contributed by atoms with van der Waals surface area (Å²) in [4.78, 5) is 10.1. The summed E-state index contributed by atoms with van der Waals surface area (Å²) in [6, 6.07) is 10.3. The molecule has 0 heterocycles. The van der Waals surface area contributed by atoms with E-state index in [0.29, 0.717) is 11.8 Å². The highest BCUT2D eigenvalue weighted by Crippen LogP contribution is 2.47. The maximum atomic E-state index is 10.1. The fraction of sp³-hybridized carbons (Fsp3) is 0.273. The highest BCUT2D eigenvalue weighted by Gasteiger charge is 2.36. The number of carbonyl (C=O) groups excluding carboxylic acids is 1. The Labute approximate surface area is 71.7 Å². The van der Waals surface area contributed by atoms with Crippen molar-refractivity contribution in [1.82, 2.24) is 0 Å². The summed E-state index contributed by atoms with van der Waals surface area (Å²) < 4.78 is 0. The summed E-state index contributed by atoms with van der Waals surface area (Å²) >= 11 is 0. The van der Waals surface area contributed by atoms with E-state index in [9.17, 15) is 4.79 Å². The highest BCUT2D eigenvalue weighted by molar-refractivity contribution is 5.48. The fourth-order valence-electron chi connectivity index (χ4n) is 1.57. The van der Waals surface area contributed by atoms with Gasteiger partial charge < -0.3 is 0 Å². The van der Waals surface area contributed by atoms with Gasteiger partial charge in [0.25, 0.3) is 0 Å². The smallest absolute Gasteiger partial charge is 0.120 e. The minimum Gasteiger partial charge on any atom is -0.234 e. The molecule has 0 spiro atoms. The number of allylic oxidation sites excluding steroid dienone is 1. The molecule has 0 amide bonds. The second-order valence-electron chi connectivity index (χ2n) is 3.20. The van der Waals surface area contributed by atoms with Crippen molar-refractivity contribution in [2.45, 2.75) is 12.3 Å². The molecule has 0 unspecified atom stereocenters. The van der Waals surface area contributed by atoms with Gasteiger partial charge in [-0.3, -0.25) is 0 Å². The quantitative estimate of drug-likeness (QED) is 0.603. The summed E-state index contributed by atoms with van der Waals surface area (Å²) in [6.45, 7) is 0. The first kappa shape index (κ1) is 7.33. The van der Waals surface area contributed by atoms with Gasteiger partial charge in [0.1, 0.15) is 5.94 Å². The summed E-state index contributed by atoms with van der Waals surface area (Å²) in [7, 11) is 0. The van der Waals surface area contributed by atoms with E-state index in [0.717, 1.165) is 6.42 Å². The monoisotopic (exact) mass is 158 g/mol. The molecule has 1 aliphatic carbocycles. The Bertz CT molecular complexity index is 309. The first-order valence-corrected chi connectivity index (χ1v) is 4.18. The standard InChI is InChI=1S/C11H10O/c12-7-6-10-8-11(10)9-4-2-1-3-5-9/h1-6,10-11H,8H2/t10-,11+/m1/s1. The van der Waals surface area contributed by atoms with E-state index in [1.54, 1.807) is 6.08 Å². The Morgan fingerprint density at radius 1 is 1.33 bits per heavy atom. The zero-order chi connectivity index (χ0) is 8.39. The van der Waals surface area contributed by atoms with Gasteiger partial charge in [0, 0.05) is 6.08 Å². The Balaban J connectivity index is 2.11. The Hall–Kier alpha value is -1.33. The molecular formula is C11H10O. The largest absolute Gasteiger partial charge is 0.234 e. The van der Waals surface area contributed by atoms with E-state index in [1.807, 2.05) is 24.1 Å². The molecule has 1 heteroatoms. The van der Waals surface area contributed by atoms with Crippen molar-refractivity contribution in [2.75, 3.05) is 0 Å². The topological polar surface area (TPSA) is 17.1 Å². The van der Waals surface area contributed by atoms with Crippen molar-refractivity contribution in [1.29, 1.82) is 0 Å². The summed E-state index contributed by atoms with van der Waals surface area (Å²) in [5.74, 6) is 2.88. The first-order chi connectivity index (χ1) is 5.92. The maximum Gasteiger partial charge on any atom is 0.120 e. The molecule has 0 aromatic heterocycles. The summed E-state index contributed by atoms with van der Waals surface area (Å²) in [5.41, 5.74) is 1.34. The van der Waals surface area contributed by atoms with Gasteiger partial charge in [0.05, 0.1) is 0 Å². The third-order valence-corrected chi connectivity index (χ3v) is 2.35. The second-order valence-corrected chi connectivity index (χ2v) is 3.20. The van der Waals surface area contributed by atoms with Crippen LogP contribution in [0.3, 0.4) is 0 Å². The molecule has 1 aliphatic rings. The number of hydrogen-bond donors (Lipinski definition) is 0. The number of hydrogen-bond acceptors (Lipinski definition) is 1. The number of rotatable bonds is 2. The van der Waals surface area contributed by atoms with Crippen molar-refractivity contribution in [3.05, 3.63) is 42.0 Å². The molecule has 2 atom stereocenters. The second kappa shape index (κ2) is 2.96. The Kier molecular flexibility index (Phi) is 1.81. The van der Waals surface area contributed by atoms with Gasteiger partial charge in [-0.1, -0.05) is 30.3 Å². The van der Waals surface area contributed by atoms with Crippen molar-refractivity contribution in [3.8, 4) is 0 Å². The summed E-state index contributed by atoms with van der Waals surface area (Å²) in [5, 5.41) is 0. The minimum atomic E-state index is 0.449. The van der Waals surface area contributed by atoms with Gasteiger partial charge in [-0.05, 0) is 23.8 Å². The molecule has 0 radical (unpaired) electrons. The Morgan fingerprint density at radius 2 is 2.08 bits per heavy atom. The number of benzene rings is 1. The molecular weight excluding hydrogens is 148 g/mol.